The summed E-state index contributed by atoms with van der Waals surface area (Å²) < 4.78 is 0. The van der Waals surface area contributed by atoms with Crippen molar-refractivity contribution in [2.24, 2.45) is 17.6 Å². The van der Waals surface area contributed by atoms with E-state index < -0.39 is 0 Å². The average molecular weight is 242 g/mol. The Kier molecular flexibility index (Phi) is 5.19. The van der Waals surface area contributed by atoms with E-state index in [4.69, 9.17) is 18.0 Å². The van der Waals surface area contributed by atoms with Crippen LogP contribution in [-0.2, 0) is 4.79 Å². The van der Waals surface area contributed by atoms with E-state index in [-0.39, 0.29) is 11.8 Å². The molecule has 0 aromatic rings. The van der Waals surface area contributed by atoms with Gasteiger partial charge in [0.25, 0.3) is 0 Å². The van der Waals surface area contributed by atoms with Crippen LogP contribution >= 0.6 is 12.2 Å². The van der Waals surface area contributed by atoms with E-state index in [0.717, 1.165) is 44.7 Å². The fraction of sp³-hybridized carbons (Fsp3) is 0.833. The largest absolute Gasteiger partial charge is 0.393 e. The third-order valence-electron chi connectivity index (χ3n) is 3.31. The summed E-state index contributed by atoms with van der Waals surface area (Å²) in [6.07, 6.45) is 3.92. The van der Waals surface area contributed by atoms with Crippen LogP contribution in [0.15, 0.2) is 0 Å². The predicted molar refractivity (Wildman–Crippen MR) is 70.2 cm³/mol. The Balaban J connectivity index is 2.57. The Hall–Kier alpha value is -0.640. The number of hydrogen-bond acceptors (Lipinski definition) is 2. The summed E-state index contributed by atoms with van der Waals surface area (Å²) in [4.78, 5) is 14.5. The van der Waals surface area contributed by atoms with Gasteiger partial charge in [-0.3, -0.25) is 4.79 Å². The van der Waals surface area contributed by atoms with Gasteiger partial charge in [-0.05, 0) is 25.2 Å². The van der Waals surface area contributed by atoms with Crippen molar-refractivity contribution < 1.29 is 4.79 Å². The Bertz CT molecular complexity index is 260. The molecule has 1 saturated heterocycles. The van der Waals surface area contributed by atoms with Crippen LogP contribution in [-0.4, -0.2) is 28.9 Å². The number of hydrogen-bond donors (Lipinski definition) is 1. The highest BCUT2D eigenvalue weighted by molar-refractivity contribution is 7.80. The maximum atomic E-state index is 12.2. The topological polar surface area (TPSA) is 46.3 Å². The van der Waals surface area contributed by atoms with E-state index in [1.54, 1.807) is 0 Å². The van der Waals surface area contributed by atoms with E-state index in [1.807, 2.05) is 4.90 Å². The number of carbonyl (C=O) groups is 1. The van der Waals surface area contributed by atoms with E-state index in [0.29, 0.717) is 4.99 Å². The fourth-order valence-electron chi connectivity index (χ4n) is 2.13. The zero-order chi connectivity index (χ0) is 12.1. The standard InChI is InChI=1S/C12H22N2OS/c1-3-4-10(11(13)16)12(15)14-7-5-9(2)6-8-14/h9-10H,3-8H2,1-2H3,(H2,13,16). The third kappa shape index (κ3) is 3.44. The lowest BCUT2D eigenvalue weighted by Crippen LogP contribution is -2.44. The van der Waals surface area contributed by atoms with Gasteiger partial charge in [-0.2, -0.15) is 0 Å². The van der Waals surface area contributed by atoms with Gasteiger partial charge >= 0.3 is 0 Å². The number of thiocarbonyl (C=S) groups is 1. The molecule has 3 nitrogen and oxygen atoms in total. The fourth-order valence-corrected chi connectivity index (χ4v) is 2.34. The first kappa shape index (κ1) is 13.4. The Labute approximate surface area is 103 Å². The quantitative estimate of drug-likeness (QED) is 0.766. The number of rotatable bonds is 4. The summed E-state index contributed by atoms with van der Waals surface area (Å²) in [6, 6.07) is 0. The van der Waals surface area contributed by atoms with Gasteiger partial charge < -0.3 is 10.6 Å². The molecule has 1 atom stereocenters. The van der Waals surface area contributed by atoms with Crippen LogP contribution in [0.3, 0.4) is 0 Å². The van der Waals surface area contributed by atoms with Gasteiger partial charge in [0.1, 0.15) is 0 Å². The van der Waals surface area contributed by atoms with Crippen molar-refractivity contribution in [2.45, 2.75) is 39.5 Å². The van der Waals surface area contributed by atoms with Crippen molar-refractivity contribution in [1.82, 2.24) is 4.90 Å². The van der Waals surface area contributed by atoms with Crippen molar-refractivity contribution in [2.75, 3.05) is 13.1 Å². The Morgan fingerprint density at radius 1 is 1.50 bits per heavy atom. The molecule has 92 valence electrons. The SMILES string of the molecule is CCCC(C(=O)N1CCC(C)CC1)C(N)=S. The smallest absolute Gasteiger partial charge is 0.232 e. The van der Waals surface area contributed by atoms with E-state index in [1.165, 1.54) is 0 Å². The minimum atomic E-state index is -0.242. The molecule has 1 aliphatic rings. The summed E-state index contributed by atoms with van der Waals surface area (Å²) >= 11 is 4.98. The number of piperidine rings is 1. The zero-order valence-corrected chi connectivity index (χ0v) is 11.1. The molecule has 0 aliphatic carbocycles. The summed E-state index contributed by atoms with van der Waals surface area (Å²) in [5.41, 5.74) is 5.64. The molecule has 1 fully saturated rings. The minimum Gasteiger partial charge on any atom is -0.393 e. The number of carbonyl (C=O) groups excluding carboxylic acids is 1. The molecular formula is C12H22N2OS. The lowest BCUT2D eigenvalue weighted by atomic mass is 9.96. The van der Waals surface area contributed by atoms with E-state index in [2.05, 4.69) is 13.8 Å². The molecule has 2 N–H and O–H groups in total. The van der Waals surface area contributed by atoms with Gasteiger partial charge in [-0.25, -0.2) is 0 Å². The van der Waals surface area contributed by atoms with Gasteiger partial charge in [-0.1, -0.05) is 32.5 Å². The Morgan fingerprint density at radius 2 is 2.06 bits per heavy atom. The lowest BCUT2D eigenvalue weighted by molar-refractivity contribution is -0.134. The van der Waals surface area contributed by atoms with E-state index in [9.17, 15) is 4.79 Å². The van der Waals surface area contributed by atoms with Gasteiger partial charge in [0, 0.05) is 13.1 Å². The maximum Gasteiger partial charge on any atom is 0.232 e. The monoisotopic (exact) mass is 242 g/mol. The van der Waals surface area contributed by atoms with Crippen molar-refractivity contribution in [3.05, 3.63) is 0 Å². The second kappa shape index (κ2) is 6.18. The summed E-state index contributed by atoms with van der Waals surface area (Å²) in [6.45, 7) is 6.02. The first-order valence-electron chi connectivity index (χ1n) is 6.14. The summed E-state index contributed by atoms with van der Waals surface area (Å²) in [7, 11) is 0. The van der Waals surface area contributed by atoms with Crippen LogP contribution in [0.1, 0.15) is 39.5 Å². The average Bonchev–Trinajstić information content (AvgIpc) is 2.25. The van der Waals surface area contributed by atoms with E-state index >= 15 is 0 Å². The molecule has 16 heavy (non-hydrogen) atoms. The van der Waals surface area contributed by atoms with Crippen LogP contribution in [0.5, 0.6) is 0 Å². The van der Waals surface area contributed by atoms with Crippen LogP contribution < -0.4 is 5.73 Å². The van der Waals surface area contributed by atoms with Crippen molar-refractivity contribution in [3.8, 4) is 0 Å². The predicted octanol–water partition coefficient (Wildman–Crippen LogP) is 1.95. The molecule has 1 heterocycles. The molecule has 1 aliphatic heterocycles. The Morgan fingerprint density at radius 3 is 2.50 bits per heavy atom. The maximum absolute atomic E-state index is 12.2. The van der Waals surface area contributed by atoms with Gasteiger partial charge in [0.05, 0.1) is 10.9 Å². The summed E-state index contributed by atoms with van der Waals surface area (Å²) in [5.74, 6) is 0.633. The number of amides is 1. The third-order valence-corrected chi connectivity index (χ3v) is 3.60. The minimum absolute atomic E-state index is 0.140. The number of nitrogens with two attached hydrogens (primary N) is 1. The lowest BCUT2D eigenvalue weighted by Gasteiger charge is -2.32. The molecule has 1 unspecified atom stereocenters. The molecule has 4 heteroatoms. The zero-order valence-electron chi connectivity index (χ0n) is 10.2. The highest BCUT2D eigenvalue weighted by Gasteiger charge is 2.28. The molecular weight excluding hydrogens is 220 g/mol. The van der Waals surface area contributed by atoms with Crippen molar-refractivity contribution in [1.29, 1.82) is 0 Å². The highest BCUT2D eigenvalue weighted by Crippen LogP contribution is 2.19. The normalized spacial score (nSPS) is 19.5. The molecule has 0 bridgehead atoms. The van der Waals surface area contributed by atoms with Crippen molar-refractivity contribution in [3.63, 3.8) is 0 Å². The molecule has 0 aromatic heterocycles. The highest BCUT2D eigenvalue weighted by atomic mass is 32.1. The molecule has 0 saturated carbocycles. The van der Waals surface area contributed by atoms with Gasteiger partial charge in [0.15, 0.2) is 0 Å². The van der Waals surface area contributed by atoms with Crippen LogP contribution in [0, 0.1) is 11.8 Å². The van der Waals surface area contributed by atoms with Crippen LogP contribution in [0.25, 0.3) is 0 Å². The molecule has 0 aromatic carbocycles. The summed E-state index contributed by atoms with van der Waals surface area (Å²) in [5, 5.41) is 0. The number of likely N-dealkylation sites (tertiary alicyclic amines) is 1. The van der Waals surface area contributed by atoms with Crippen molar-refractivity contribution >= 4 is 23.1 Å². The molecule has 0 radical (unpaired) electrons. The van der Waals surface area contributed by atoms with Crippen LogP contribution in [0.4, 0.5) is 0 Å². The first-order valence-corrected chi connectivity index (χ1v) is 6.55. The second-order valence-electron chi connectivity index (χ2n) is 4.75. The van der Waals surface area contributed by atoms with Gasteiger partial charge in [0.2, 0.25) is 5.91 Å². The van der Waals surface area contributed by atoms with Gasteiger partial charge in [-0.15, -0.1) is 0 Å². The first-order chi connectivity index (χ1) is 7.56. The molecule has 1 rings (SSSR count). The van der Waals surface area contributed by atoms with Crippen LogP contribution in [0.2, 0.25) is 0 Å². The molecule has 0 spiro atoms. The second-order valence-corrected chi connectivity index (χ2v) is 5.22. The number of nitrogens with zero attached hydrogens (tertiary/aromatic N) is 1. The molecule has 1 amide bonds.